The molecular weight excluding hydrogens is 236 g/mol. The highest BCUT2D eigenvalue weighted by Gasteiger charge is 2.22. The number of ether oxygens (including phenoxy) is 1. The van der Waals surface area contributed by atoms with Crippen molar-refractivity contribution in [2.24, 2.45) is 0 Å². The molecule has 0 saturated carbocycles. The molecule has 0 N–H and O–H groups in total. The van der Waals surface area contributed by atoms with Crippen molar-refractivity contribution in [1.29, 1.82) is 0 Å². The van der Waals surface area contributed by atoms with Crippen LogP contribution in [0.1, 0.15) is 27.9 Å². The molecular formula is C12H14N2O2S. The molecule has 0 aliphatic carbocycles. The fraction of sp³-hybridized carbons (Fsp3) is 0.333. The van der Waals surface area contributed by atoms with E-state index in [0.29, 0.717) is 18.0 Å². The van der Waals surface area contributed by atoms with Crippen molar-refractivity contribution in [2.75, 3.05) is 7.11 Å². The topological polar surface area (TPSA) is 44.1 Å². The van der Waals surface area contributed by atoms with E-state index >= 15 is 0 Å². The largest absolute Gasteiger partial charge is 0.493 e. The summed E-state index contributed by atoms with van der Waals surface area (Å²) in [7, 11) is 1.55. The van der Waals surface area contributed by atoms with Gasteiger partial charge in [-0.1, -0.05) is 0 Å². The third-order valence-corrected chi connectivity index (χ3v) is 3.62. The molecule has 2 aromatic heterocycles. The molecule has 0 spiro atoms. The molecule has 2 heterocycles. The summed E-state index contributed by atoms with van der Waals surface area (Å²) in [6.45, 7) is 4.53. The third-order valence-electron chi connectivity index (χ3n) is 2.61. The fourth-order valence-electron chi connectivity index (χ4n) is 1.70. The number of hydrogen-bond donors (Lipinski definition) is 0. The second-order valence-corrected chi connectivity index (χ2v) is 4.56. The molecule has 5 heteroatoms. The SMILES string of the molecule is CCn1ncc(OC)c1C(=O)c1sccc1C. The summed E-state index contributed by atoms with van der Waals surface area (Å²) < 4.78 is 6.85. The van der Waals surface area contributed by atoms with Gasteiger partial charge in [0.05, 0.1) is 18.2 Å². The Hall–Kier alpha value is -1.62. The number of aryl methyl sites for hydroxylation is 2. The Morgan fingerprint density at radius 2 is 2.35 bits per heavy atom. The van der Waals surface area contributed by atoms with E-state index in [1.807, 2.05) is 25.3 Å². The molecule has 17 heavy (non-hydrogen) atoms. The second kappa shape index (κ2) is 4.71. The molecule has 4 nitrogen and oxygen atoms in total. The van der Waals surface area contributed by atoms with E-state index in [4.69, 9.17) is 4.74 Å². The minimum Gasteiger partial charge on any atom is -0.493 e. The smallest absolute Gasteiger partial charge is 0.225 e. The van der Waals surface area contributed by atoms with Crippen molar-refractivity contribution in [2.45, 2.75) is 20.4 Å². The number of carbonyl (C=O) groups excluding carboxylic acids is 1. The Labute approximate surface area is 104 Å². The number of methoxy groups -OCH3 is 1. The lowest BCUT2D eigenvalue weighted by atomic mass is 10.1. The van der Waals surface area contributed by atoms with Crippen LogP contribution in [0.4, 0.5) is 0 Å². The van der Waals surface area contributed by atoms with Gasteiger partial charge in [-0.2, -0.15) is 5.10 Å². The van der Waals surface area contributed by atoms with Crippen LogP contribution in [0.5, 0.6) is 5.75 Å². The number of nitrogens with zero attached hydrogens (tertiary/aromatic N) is 2. The molecule has 0 aliphatic heterocycles. The maximum absolute atomic E-state index is 12.4. The van der Waals surface area contributed by atoms with Crippen LogP contribution in [0.3, 0.4) is 0 Å². The van der Waals surface area contributed by atoms with Crippen molar-refractivity contribution in [1.82, 2.24) is 9.78 Å². The first kappa shape index (κ1) is 11.9. The second-order valence-electron chi connectivity index (χ2n) is 3.64. The van der Waals surface area contributed by atoms with E-state index in [0.717, 1.165) is 10.4 Å². The molecule has 0 amide bonds. The first-order chi connectivity index (χ1) is 8.19. The monoisotopic (exact) mass is 250 g/mol. The summed E-state index contributed by atoms with van der Waals surface area (Å²) in [6.07, 6.45) is 1.58. The number of aromatic nitrogens is 2. The van der Waals surface area contributed by atoms with Crippen molar-refractivity contribution in [3.8, 4) is 5.75 Å². The van der Waals surface area contributed by atoms with E-state index in [2.05, 4.69) is 5.10 Å². The number of carbonyl (C=O) groups is 1. The van der Waals surface area contributed by atoms with Gasteiger partial charge >= 0.3 is 0 Å². The quantitative estimate of drug-likeness (QED) is 0.783. The summed E-state index contributed by atoms with van der Waals surface area (Å²) in [6, 6.07) is 1.94. The summed E-state index contributed by atoms with van der Waals surface area (Å²) in [5.41, 5.74) is 1.52. The van der Waals surface area contributed by atoms with Crippen LogP contribution < -0.4 is 4.74 Å². The lowest BCUT2D eigenvalue weighted by molar-refractivity contribution is 0.102. The van der Waals surface area contributed by atoms with Crippen molar-refractivity contribution in [3.63, 3.8) is 0 Å². The highest BCUT2D eigenvalue weighted by atomic mass is 32.1. The zero-order chi connectivity index (χ0) is 12.4. The number of thiophene rings is 1. The predicted molar refractivity (Wildman–Crippen MR) is 66.9 cm³/mol. The van der Waals surface area contributed by atoms with Gasteiger partial charge in [-0.15, -0.1) is 11.3 Å². The minimum atomic E-state index is -0.0197. The average Bonchev–Trinajstić information content (AvgIpc) is 2.93. The maximum atomic E-state index is 12.4. The van der Waals surface area contributed by atoms with Gasteiger partial charge in [0.25, 0.3) is 0 Å². The zero-order valence-electron chi connectivity index (χ0n) is 10.1. The van der Waals surface area contributed by atoms with Gasteiger partial charge in [0.1, 0.15) is 0 Å². The van der Waals surface area contributed by atoms with Crippen LogP contribution in [0.2, 0.25) is 0 Å². The Morgan fingerprint density at radius 1 is 1.59 bits per heavy atom. The van der Waals surface area contributed by atoms with Crippen molar-refractivity contribution < 1.29 is 9.53 Å². The summed E-state index contributed by atoms with van der Waals surface area (Å²) >= 11 is 1.45. The molecule has 0 aromatic carbocycles. The minimum absolute atomic E-state index is 0.0197. The van der Waals surface area contributed by atoms with Gasteiger partial charge in [-0.05, 0) is 30.9 Å². The molecule has 0 fully saturated rings. The van der Waals surface area contributed by atoms with Crippen LogP contribution in [-0.4, -0.2) is 22.7 Å². The van der Waals surface area contributed by atoms with Gasteiger partial charge in [-0.3, -0.25) is 9.48 Å². The van der Waals surface area contributed by atoms with Crippen LogP contribution in [0.15, 0.2) is 17.6 Å². The van der Waals surface area contributed by atoms with Crippen LogP contribution in [0.25, 0.3) is 0 Å². The van der Waals surface area contributed by atoms with Crippen molar-refractivity contribution >= 4 is 17.1 Å². The van der Waals surface area contributed by atoms with Crippen LogP contribution >= 0.6 is 11.3 Å². The molecule has 0 bridgehead atoms. The van der Waals surface area contributed by atoms with E-state index in [-0.39, 0.29) is 5.78 Å². The van der Waals surface area contributed by atoms with Gasteiger partial charge in [0.15, 0.2) is 11.4 Å². The molecule has 90 valence electrons. The standard InChI is InChI=1S/C12H14N2O2S/c1-4-14-10(9(16-3)7-13-14)11(15)12-8(2)5-6-17-12/h5-7H,4H2,1-3H3. The van der Waals surface area contributed by atoms with E-state index in [1.54, 1.807) is 18.0 Å². The fourth-order valence-corrected chi connectivity index (χ4v) is 2.57. The first-order valence-electron chi connectivity index (χ1n) is 5.37. The van der Waals surface area contributed by atoms with Crippen LogP contribution in [0, 0.1) is 6.92 Å². The van der Waals surface area contributed by atoms with E-state index in [1.165, 1.54) is 11.3 Å². The molecule has 0 aliphatic rings. The average molecular weight is 250 g/mol. The summed E-state index contributed by atoms with van der Waals surface area (Å²) in [5, 5.41) is 6.06. The van der Waals surface area contributed by atoms with Gasteiger partial charge in [0.2, 0.25) is 5.78 Å². The Kier molecular flexibility index (Phi) is 3.28. The van der Waals surface area contributed by atoms with E-state index < -0.39 is 0 Å². The first-order valence-corrected chi connectivity index (χ1v) is 6.25. The lowest BCUT2D eigenvalue weighted by Crippen LogP contribution is -2.11. The lowest BCUT2D eigenvalue weighted by Gasteiger charge is -2.05. The highest BCUT2D eigenvalue weighted by Crippen LogP contribution is 2.25. The molecule has 0 radical (unpaired) electrons. The Balaban J connectivity index is 2.50. The number of ketones is 1. The zero-order valence-corrected chi connectivity index (χ0v) is 10.9. The number of hydrogen-bond acceptors (Lipinski definition) is 4. The maximum Gasteiger partial charge on any atom is 0.225 e. The normalized spacial score (nSPS) is 10.5. The highest BCUT2D eigenvalue weighted by molar-refractivity contribution is 7.12. The predicted octanol–water partition coefficient (Wildman–Crippen LogP) is 2.51. The Bertz CT molecular complexity index is 521. The van der Waals surface area contributed by atoms with E-state index in [9.17, 15) is 4.79 Å². The summed E-state index contributed by atoms with van der Waals surface area (Å²) in [5.74, 6) is 0.512. The number of rotatable bonds is 4. The van der Waals surface area contributed by atoms with Gasteiger partial charge in [0, 0.05) is 6.54 Å². The molecule has 0 atom stereocenters. The molecule has 0 unspecified atom stereocenters. The molecule has 0 saturated heterocycles. The summed E-state index contributed by atoms with van der Waals surface area (Å²) in [4.78, 5) is 13.2. The van der Waals surface area contributed by atoms with Crippen LogP contribution in [-0.2, 0) is 6.54 Å². The third kappa shape index (κ3) is 1.98. The molecule has 2 aromatic rings. The van der Waals surface area contributed by atoms with Gasteiger partial charge in [-0.25, -0.2) is 0 Å². The van der Waals surface area contributed by atoms with Crippen molar-refractivity contribution in [3.05, 3.63) is 33.8 Å². The molecule has 2 rings (SSSR count). The van der Waals surface area contributed by atoms with Gasteiger partial charge < -0.3 is 4.74 Å². The Morgan fingerprint density at radius 3 is 2.88 bits per heavy atom.